The number of rotatable bonds is 3. The first kappa shape index (κ1) is 10.9. The molecule has 0 aromatic carbocycles. The molecule has 0 spiro atoms. The van der Waals surface area contributed by atoms with Crippen LogP contribution in [0.2, 0.25) is 0 Å². The standard InChI is InChI=1S/C8H17NO3S/c1-6(2)13(10,11)9-8-4-5-12-7(8)3/h6-9H,4-5H2,1-3H3. The van der Waals surface area contributed by atoms with Gasteiger partial charge in [-0.05, 0) is 27.2 Å². The van der Waals surface area contributed by atoms with E-state index in [1.165, 1.54) is 0 Å². The molecule has 0 aliphatic carbocycles. The van der Waals surface area contributed by atoms with Gasteiger partial charge in [0, 0.05) is 12.6 Å². The maximum absolute atomic E-state index is 11.5. The maximum atomic E-state index is 11.5. The highest BCUT2D eigenvalue weighted by Gasteiger charge is 2.29. The van der Waals surface area contributed by atoms with E-state index in [0.717, 1.165) is 6.42 Å². The van der Waals surface area contributed by atoms with E-state index >= 15 is 0 Å². The lowest BCUT2D eigenvalue weighted by Gasteiger charge is -2.17. The highest BCUT2D eigenvalue weighted by molar-refractivity contribution is 7.90. The molecule has 0 amide bonds. The molecule has 0 bridgehead atoms. The zero-order valence-corrected chi connectivity index (χ0v) is 9.10. The highest BCUT2D eigenvalue weighted by Crippen LogP contribution is 2.14. The zero-order chi connectivity index (χ0) is 10.1. The second-order valence-corrected chi connectivity index (χ2v) is 5.95. The van der Waals surface area contributed by atoms with Crippen LogP contribution in [-0.4, -0.2) is 32.4 Å². The molecule has 13 heavy (non-hydrogen) atoms. The third-order valence-electron chi connectivity index (χ3n) is 2.31. The van der Waals surface area contributed by atoms with Crippen molar-refractivity contribution in [2.24, 2.45) is 0 Å². The van der Waals surface area contributed by atoms with E-state index in [4.69, 9.17) is 4.74 Å². The second kappa shape index (κ2) is 3.94. The van der Waals surface area contributed by atoms with Crippen molar-refractivity contribution < 1.29 is 13.2 Å². The molecule has 0 saturated carbocycles. The molecule has 0 radical (unpaired) electrons. The zero-order valence-electron chi connectivity index (χ0n) is 8.28. The molecule has 0 aromatic rings. The Bertz CT molecular complexity index is 261. The SMILES string of the molecule is CC1OCCC1NS(=O)(=O)C(C)C. The van der Waals surface area contributed by atoms with Crippen LogP contribution in [0.1, 0.15) is 27.2 Å². The molecule has 1 fully saturated rings. The minimum Gasteiger partial charge on any atom is -0.377 e. The summed E-state index contributed by atoms with van der Waals surface area (Å²) in [5.74, 6) is 0. The van der Waals surface area contributed by atoms with Crippen LogP contribution in [-0.2, 0) is 14.8 Å². The monoisotopic (exact) mass is 207 g/mol. The Labute approximate surface area is 79.7 Å². The third kappa shape index (κ3) is 2.65. The van der Waals surface area contributed by atoms with Crippen molar-refractivity contribution >= 4 is 10.0 Å². The maximum Gasteiger partial charge on any atom is 0.214 e. The average Bonchev–Trinajstić information content (AvgIpc) is 2.35. The largest absolute Gasteiger partial charge is 0.377 e. The van der Waals surface area contributed by atoms with E-state index in [1.54, 1.807) is 13.8 Å². The number of hydrogen-bond donors (Lipinski definition) is 1. The first-order chi connectivity index (χ1) is 5.93. The Kier molecular flexibility index (Phi) is 3.32. The van der Waals surface area contributed by atoms with Gasteiger partial charge < -0.3 is 4.74 Å². The van der Waals surface area contributed by atoms with Gasteiger partial charge in [-0.2, -0.15) is 0 Å². The van der Waals surface area contributed by atoms with E-state index < -0.39 is 10.0 Å². The van der Waals surface area contributed by atoms with Crippen LogP contribution in [0.25, 0.3) is 0 Å². The van der Waals surface area contributed by atoms with Crippen LogP contribution >= 0.6 is 0 Å². The Morgan fingerprint density at radius 3 is 2.46 bits per heavy atom. The van der Waals surface area contributed by atoms with Gasteiger partial charge in [-0.1, -0.05) is 0 Å². The topological polar surface area (TPSA) is 55.4 Å². The van der Waals surface area contributed by atoms with Crippen LogP contribution in [0, 0.1) is 0 Å². The smallest absolute Gasteiger partial charge is 0.214 e. The van der Waals surface area contributed by atoms with E-state index in [0.29, 0.717) is 6.61 Å². The molecule has 1 heterocycles. The minimum atomic E-state index is -3.14. The second-order valence-electron chi connectivity index (χ2n) is 3.68. The molecule has 0 aromatic heterocycles. The summed E-state index contributed by atoms with van der Waals surface area (Å²) in [4.78, 5) is 0. The molecular weight excluding hydrogens is 190 g/mol. The molecule has 2 unspecified atom stereocenters. The van der Waals surface area contributed by atoms with Crippen LogP contribution in [0.3, 0.4) is 0 Å². The molecule has 5 heteroatoms. The summed E-state index contributed by atoms with van der Waals surface area (Å²) < 4.78 is 30.8. The molecule has 1 saturated heterocycles. The molecule has 1 aliphatic heterocycles. The Hall–Kier alpha value is -0.130. The van der Waals surface area contributed by atoms with Crippen LogP contribution in [0.5, 0.6) is 0 Å². The molecule has 1 aliphatic rings. The van der Waals surface area contributed by atoms with Crippen molar-refractivity contribution in [3.8, 4) is 0 Å². The molecule has 78 valence electrons. The van der Waals surface area contributed by atoms with Gasteiger partial charge in [0.25, 0.3) is 0 Å². The summed E-state index contributed by atoms with van der Waals surface area (Å²) in [6.07, 6.45) is 0.765. The number of ether oxygens (including phenoxy) is 1. The van der Waals surface area contributed by atoms with E-state index in [1.807, 2.05) is 6.92 Å². The van der Waals surface area contributed by atoms with Gasteiger partial charge >= 0.3 is 0 Å². The van der Waals surface area contributed by atoms with Crippen molar-refractivity contribution in [3.05, 3.63) is 0 Å². The van der Waals surface area contributed by atoms with Gasteiger partial charge in [-0.15, -0.1) is 0 Å². The Morgan fingerprint density at radius 2 is 2.08 bits per heavy atom. The number of sulfonamides is 1. The predicted molar refractivity (Wildman–Crippen MR) is 51.0 cm³/mol. The van der Waals surface area contributed by atoms with E-state index in [2.05, 4.69) is 4.72 Å². The van der Waals surface area contributed by atoms with Crippen molar-refractivity contribution in [1.29, 1.82) is 0 Å². The lowest BCUT2D eigenvalue weighted by molar-refractivity contribution is 0.116. The van der Waals surface area contributed by atoms with Gasteiger partial charge in [0.05, 0.1) is 11.4 Å². The summed E-state index contributed by atoms with van der Waals surface area (Å²) >= 11 is 0. The normalized spacial score (nSPS) is 29.8. The van der Waals surface area contributed by atoms with Gasteiger partial charge in [-0.3, -0.25) is 0 Å². The summed E-state index contributed by atoms with van der Waals surface area (Å²) in [6.45, 7) is 5.87. The number of nitrogens with one attached hydrogen (secondary N) is 1. The van der Waals surface area contributed by atoms with Gasteiger partial charge in [0.15, 0.2) is 0 Å². The van der Waals surface area contributed by atoms with Crippen molar-refractivity contribution in [1.82, 2.24) is 4.72 Å². The predicted octanol–water partition coefficient (Wildman–Crippen LogP) is 0.492. The lowest BCUT2D eigenvalue weighted by atomic mass is 10.2. The fourth-order valence-corrected chi connectivity index (χ4v) is 2.24. The number of hydrogen-bond acceptors (Lipinski definition) is 3. The average molecular weight is 207 g/mol. The van der Waals surface area contributed by atoms with E-state index in [-0.39, 0.29) is 17.4 Å². The van der Waals surface area contributed by atoms with Crippen molar-refractivity contribution in [2.45, 2.75) is 44.6 Å². The first-order valence-corrected chi connectivity index (χ1v) is 6.11. The first-order valence-electron chi connectivity index (χ1n) is 4.56. The summed E-state index contributed by atoms with van der Waals surface area (Å²) in [5.41, 5.74) is 0. The molecule has 4 nitrogen and oxygen atoms in total. The van der Waals surface area contributed by atoms with Crippen molar-refractivity contribution in [2.75, 3.05) is 6.61 Å². The fraction of sp³-hybridized carbons (Fsp3) is 1.00. The molecule has 2 atom stereocenters. The quantitative estimate of drug-likeness (QED) is 0.733. The van der Waals surface area contributed by atoms with Crippen LogP contribution in [0.4, 0.5) is 0 Å². The Balaban J connectivity index is 2.58. The van der Waals surface area contributed by atoms with Crippen LogP contribution in [0.15, 0.2) is 0 Å². The summed E-state index contributed by atoms with van der Waals surface area (Å²) in [5, 5.41) is -0.375. The highest BCUT2D eigenvalue weighted by atomic mass is 32.2. The van der Waals surface area contributed by atoms with Crippen molar-refractivity contribution in [3.63, 3.8) is 0 Å². The van der Waals surface area contributed by atoms with Gasteiger partial charge in [-0.25, -0.2) is 13.1 Å². The van der Waals surface area contributed by atoms with Crippen LogP contribution < -0.4 is 4.72 Å². The summed E-state index contributed by atoms with van der Waals surface area (Å²) in [7, 11) is -3.14. The summed E-state index contributed by atoms with van der Waals surface area (Å²) in [6, 6.07) is -0.0487. The van der Waals surface area contributed by atoms with Gasteiger partial charge in [0.1, 0.15) is 0 Å². The lowest BCUT2D eigenvalue weighted by Crippen LogP contribution is -2.42. The minimum absolute atomic E-state index is 0.00600. The van der Waals surface area contributed by atoms with E-state index in [9.17, 15) is 8.42 Å². The fourth-order valence-electron chi connectivity index (χ4n) is 1.23. The molecule has 1 N–H and O–H groups in total. The third-order valence-corrected chi connectivity index (χ3v) is 4.18. The van der Waals surface area contributed by atoms with Gasteiger partial charge in [0.2, 0.25) is 10.0 Å². The molecule has 1 rings (SSSR count). The molecular formula is C8H17NO3S. The Morgan fingerprint density at radius 1 is 1.46 bits per heavy atom.